The second-order valence-corrected chi connectivity index (χ2v) is 6.75. The van der Waals surface area contributed by atoms with Crippen molar-refractivity contribution in [3.05, 3.63) is 0 Å². The monoisotopic (exact) mass is 381 g/mol. The molecule has 0 bridgehead atoms. The molecule has 1 rings (SSSR count). The van der Waals surface area contributed by atoms with Crippen molar-refractivity contribution in [1.82, 2.24) is 5.32 Å². The molecule has 0 aromatic carbocycles. The van der Waals surface area contributed by atoms with Gasteiger partial charge in [0.15, 0.2) is 12.3 Å². The third kappa shape index (κ3) is 6.34. The normalized spacial score (nSPS) is 30.4. The van der Waals surface area contributed by atoms with Crippen molar-refractivity contribution in [2.24, 2.45) is 0 Å². The van der Waals surface area contributed by atoms with E-state index in [0.29, 0.717) is 0 Å². The molecule has 0 spiro atoms. The minimum atomic E-state index is -1.63. The third-order valence-electron chi connectivity index (χ3n) is 3.45. The quantitative estimate of drug-likeness (QED) is 0.321. The highest BCUT2D eigenvalue weighted by molar-refractivity contribution is 5.81. The van der Waals surface area contributed by atoms with Crippen LogP contribution in [0.1, 0.15) is 20.8 Å². The fourth-order valence-electron chi connectivity index (χ4n) is 2.16. The Balaban J connectivity index is 2.71. The molecule has 0 saturated carbocycles. The first kappa shape index (κ1) is 22.5. The first-order chi connectivity index (χ1) is 12.0. The van der Waals surface area contributed by atoms with E-state index < -0.39 is 67.6 Å². The Morgan fingerprint density at radius 2 is 1.77 bits per heavy atom. The summed E-state index contributed by atoms with van der Waals surface area (Å²) in [7, 11) is 1.11. The van der Waals surface area contributed by atoms with Crippen LogP contribution in [0.15, 0.2) is 0 Å². The first-order valence-electron chi connectivity index (χ1n) is 7.99. The Morgan fingerprint density at radius 1 is 1.15 bits per heavy atom. The number of rotatable bonds is 6. The number of hydrogen-bond donors (Lipinski definition) is 5. The van der Waals surface area contributed by atoms with Crippen LogP contribution in [0, 0.1) is 0 Å². The van der Waals surface area contributed by atoms with Crippen molar-refractivity contribution in [2.45, 2.75) is 63.1 Å². The van der Waals surface area contributed by atoms with Gasteiger partial charge < -0.3 is 44.7 Å². The van der Waals surface area contributed by atoms with Crippen LogP contribution in [-0.2, 0) is 23.7 Å². The fourth-order valence-corrected chi connectivity index (χ4v) is 2.16. The van der Waals surface area contributed by atoms with Gasteiger partial charge >= 0.3 is 12.1 Å². The molecule has 26 heavy (non-hydrogen) atoms. The number of carbonyl (C=O) groups is 2. The van der Waals surface area contributed by atoms with Gasteiger partial charge in [-0.15, -0.1) is 0 Å². The number of nitrogens with one attached hydrogen (secondary N) is 1. The van der Waals surface area contributed by atoms with E-state index in [4.69, 9.17) is 19.3 Å². The maximum atomic E-state index is 11.8. The van der Waals surface area contributed by atoms with Gasteiger partial charge in [-0.25, -0.2) is 9.59 Å². The Hall–Kier alpha value is -1.50. The minimum absolute atomic E-state index is 0.478. The van der Waals surface area contributed by atoms with Crippen LogP contribution in [0.2, 0.25) is 0 Å². The molecule has 1 amide bonds. The highest BCUT2D eigenvalue weighted by atomic mass is 16.7. The molecule has 1 heterocycles. The summed E-state index contributed by atoms with van der Waals surface area (Å²) in [5, 5.41) is 40.7. The Labute approximate surface area is 150 Å². The molecule has 11 nitrogen and oxygen atoms in total. The third-order valence-corrected chi connectivity index (χ3v) is 3.45. The summed E-state index contributed by atoms with van der Waals surface area (Å²) >= 11 is 0. The highest BCUT2D eigenvalue weighted by Gasteiger charge is 2.44. The van der Waals surface area contributed by atoms with E-state index in [1.165, 1.54) is 0 Å². The molecule has 1 aliphatic rings. The predicted octanol–water partition coefficient (Wildman–Crippen LogP) is -2.13. The fraction of sp³-hybridized carbons (Fsp3) is 0.867. The molecule has 0 aromatic rings. The molecule has 6 atom stereocenters. The number of aliphatic hydroxyl groups is 4. The van der Waals surface area contributed by atoms with Crippen molar-refractivity contribution < 1.29 is 49.0 Å². The van der Waals surface area contributed by atoms with Crippen LogP contribution < -0.4 is 5.32 Å². The van der Waals surface area contributed by atoms with Gasteiger partial charge in [0.2, 0.25) is 0 Å². The van der Waals surface area contributed by atoms with E-state index in [2.05, 4.69) is 10.1 Å². The van der Waals surface area contributed by atoms with E-state index in [1.54, 1.807) is 20.8 Å². The van der Waals surface area contributed by atoms with Gasteiger partial charge in [-0.3, -0.25) is 0 Å². The van der Waals surface area contributed by atoms with Crippen molar-refractivity contribution in [3.63, 3.8) is 0 Å². The van der Waals surface area contributed by atoms with Crippen LogP contribution in [0.25, 0.3) is 0 Å². The van der Waals surface area contributed by atoms with Gasteiger partial charge in [0, 0.05) is 0 Å². The number of ether oxygens (including phenoxy) is 4. The zero-order valence-corrected chi connectivity index (χ0v) is 15.1. The summed E-state index contributed by atoms with van der Waals surface area (Å²) in [6.07, 6.45) is -8.28. The van der Waals surface area contributed by atoms with Crippen LogP contribution in [0.5, 0.6) is 0 Å². The SMILES string of the molecule is COC(=O)[C@H](CO[C@@H]1O[C@H](CO)[C@H](O)[C@H](O)[C@H]1O)NC(=O)OC(C)(C)C. The summed E-state index contributed by atoms with van der Waals surface area (Å²) in [4.78, 5) is 23.6. The molecule has 0 radical (unpaired) electrons. The van der Waals surface area contributed by atoms with E-state index in [9.17, 15) is 24.9 Å². The molecule has 1 saturated heterocycles. The van der Waals surface area contributed by atoms with Crippen molar-refractivity contribution in [3.8, 4) is 0 Å². The molecule has 0 aromatic heterocycles. The Kier molecular flexibility index (Phi) is 8.18. The maximum absolute atomic E-state index is 11.8. The van der Waals surface area contributed by atoms with Gasteiger partial charge in [-0.2, -0.15) is 0 Å². The predicted molar refractivity (Wildman–Crippen MR) is 84.9 cm³/mol. The number of hydrogen-bond acceptors (Lipinski definition) is 10. The van der Waals surface area contributed by atoms with Gasteiger partial charge in [0.1, 0.15) is 30.0 Å². The zero-order valence-electron chi connectivity index (χ0n) is 15.1. The standard InChI is InChI=1S/C15H27NO10/c1-15(2,3)26-14(22)16-7(12(21)23-4)6-24-13-11(20)10(19)9(18)8(5-17)25-13/h7-11,13,17-20H,5-6H2,1-4H3,(H,16,22)/t7-,8+,9-,10-,11+,13+/m0/s1. The van der Waals surface area contributed by atoms with Crippen molar-refractivity contribution in [1.29, 1.82) is 0 Å². The first-order valence-corrected chi connectivity index (χ1v) is 7.99. The molecular formula is C15H27NO10. The average molecular weight is 381 g/mol. The number of alkyl carbamates (subject to hydrolysis) is 1. The van der Waals surface area contributed by atoms with E-state index >= 15 is 0 Å². The molecule has 1 aliphatic heterocycles. The summed E-state index contributed by atoms with van der Waals surface area (Å²) < 4.78 is 20.0. The Morgan fingerprint density at radius 3 is 2.27 bits per heavy atom. The summed E-state index contributed by atoms with van der Waals surface area (Å²) in [5.74, 6) is -0.833. The highest BCUT2D eigenvalue weighted by Crippen LogP contribution is 2.22. The summed E-state index contributed by atoms with van der Waals surface area (Å²) in [5.41, 5.74) is -0.789. The smallest absolute Gasteiger partial charge is 0.408 e. The lowest BCUT2D eigenvalue weighted by molar-refractivity contribution is -0.301. The molecule has 1 fully saturated rings. The number of methoxy groups -OCH3 is 1. The van der Waals surface area contributed by atoms with Gasteiger partial charge in [0.25, 0.3) is 0 Å². The number of esters is 1. The van der Waals surface area contributed by atoms with E-state index in [0.717, 1.165) is 7.11 Å². The number of aliphatic hydroxyl groups excluding tert-OH is 4. The molecule has 11 heteroatoms. The van der Waals surface area contributed by atoms with Crippen LogP contribution >= 0.6 is 0 Å². The summed E-state index contributed by atoms with van der Waals surface area (Å²) in [6.45, 7) is 3.83. The van der Waals surface area contributed by atoms with Crippen molar-refractivity contribution in [2.75, 3.05) is 20.3 Å². The van der Waals surface area contributed by atoms with Crippen LogP contribution in [0.4, 0.5) is 4.79 Å². The summed E-state index contributed by atoms with van der Waals surface area (Å²) in [6, 6.07) is -1.28. The van der Waals surface area contributed by atoms with E-state index in [1.807, 2.05) is 0 Å². The lowest BCUT2D eigenvalue weighted by Crippen LogP contribution is -2.60. The average Bonchev–Trinajstić information content (AvgIpc) is 2.55. The maximum Gasteiger partial charge on any atom is 0.408 e. The molecule has 0 aliphatic carbocycles. The molecular weight excluding hydrogens is 354 g/mol. The van der Waals surface area contributed by atoms with E-state index in [-0.39, 0.29) is 0 Å². The van der Waals surface area contributed by atoms with Gasteiger partial charge in [0.05, 0.1) is 20.3 Å². The Bertz CT molecular complexity index is 478. The lowest BCUT2D eigenvalue weighted by atomic mass is 9.99. The number of amides is 1. The topological polar surface area (TPSA) is 164 Å². The second kappa shape index (κ2) is 9.44. The van der Waals surface area contributed by atoms with Gasteiger partial charge in [-0.05, 0) is 20.8 Å². The zero-order chi connectivity index (χ0) is 20.1. The van der Waals surface area contributed by atoms with Crippen LogP contribution in [-0.4, -0.2) is 95.2 Å². The van der Waals surface area contributed by atoms with Gasteiger partial charge in [-0.1, -0.05) is 0 Å². The molecule has 0 unspecified atom stereocenters. The van der Waals surface area contributed by atoms with Crippen LogP contribution in [0.3, 0.4) is 0 Å². The largest absolute Gasteiger partial charge is 0.467 e. The number of carbonyl (C=O) groups excluding carboxylic acids is 2. The second-order valence-electron chi connectivity index (χ2n) is 6.75. The minimum Gasteiger partial charge on any atom is -0.467 e. The lowest BCUT2D eigenvalue weighted by Gasteiger charge is -2.39. The van der Waals surface area contributed by atoms with Crippen molar-refractivity contribution >= 4 is 12.1 Å². The molecule has 152 valence electrons. The molecule has 5 N–H and O–H groups in total.